The van der Waals surface area contributed by atoms with E-state index >= 15 is 0 Å². The van der Waals surface area contributed by atoms with Crippen LogP contribution in [0, 0.1) is 0 Å². The molecule has 7 heteroatoms. The van der Waals surface area contributed by atoms with Crippen LogP contribution in [0.2, 0.25) is 0 Å². The van der Waals surface area contributed by atoms with Crippen LogP contribution in [-0.4, -0.2) is 38.9 Å². The van der Waals surface area contributed by atoms with E-state index in [0.717, 1.165) is 24.3 Å². The Morgan fingerprint density at radius 1 is 1.30 bits per heavy atom. The lowest BCUT2D eigenvalue weighted by Crippen LogP contribution is -2.24. The smallest absolute Gasteiger partial charge is 0.352 e. The van der Waals surface area contributed by atoms with E-state index < -0.39 is 5.97 Å². The van der Waals surface area contributed by atoms with Crippen molar-refractivity contribution in [2.75, 3.05) is 23.3 Å². The molecule has 1 aliphatic heterocycles. The molecule has 2 heterocycles. The number of anilines is 2. The Labute approximate surface area is 134 Å². The molecule has 1 aliphatic rings. The third kappa shape index (κ3) is 2.77. The predicted octanol–water partition coefficient (Wildman–Crippen LogP) is 2.11. The van der Waals surface area contributed by atoms with Crippen molar-refractivity contribution in [1.82, 2.24) is 14.8 Å². The number of benzene rings is 1. The molecule has 23 heavy (non-hydrogen) atoms. The van der Waals surface area contributed by atoms with Gasteiger partial charge in [0.15, 0.2) is 0 Å². The lowest BCUT2D eigenvalue weighted by Gasteiger charge is -2.24. The Balaban J connectivity index is 1.96. The van der Waals surface area contributed by atoms with Crippen LogP contribution in [0.25, 0.3) is 0 Å². The number of nitrogens with one attached hydrogen (secondary N) is 1. The van der Waals surface area contributed by atoms with Crippen molar-refractivity contribution in [3.8, 4) is 0 Å². The van der Waals surface area contributed by atoms with E-state index in [9.17, 15) is 9.90 Å². The van der Waals surface area contributed by atoms with Crippen molar-refractivity contribution < 1.29 is 9.90 Å². The maximum absolute atomic E-state index is 11.3. The molecule has 120 valence electrons. The molecule has 0 fully saturated rings. The summed E-state index contributed by atoms with van der Waals surface area (Å²) in [6, 6.07) is 7.83. The van der Waals surface area contributed by atoms with Gasteiger partial charge in [-0.1, -0.05) is 12.1 Å². The van der Waals surface area contributed by atoms with Crippen molar-refractivity contribution in [1.29, 1.82) is 0 Å². The molecule has 3 rings (SSSR count). The van der Waals surface area contributed by atoms with Crippen molar-refractivity contribution in [3.63, 3.8) is 0 Å². The van der Waals surface area contributed by atoms with E-state index in [2.05, 4.69) is 46.3 Å². The molecular weight excluding hydrogens is 294 g/mol. The highest BCUT2D eigenvalue weighted by Crippen LogP contribution is 2.29. The number of fused-ring (bicyclic) bond motifs is 1. The molecule has 0 saturated carbocycles. The first-order valence-electron chi connectivity index (χ1n) is 7.60. The zero-order chi connectivity index (χ0) is 16.4. The lowest BCUT2D eigenvalue weighted by molar-refractivity contribution is -0.132. The summed E-state index contributed by atoms with van der Waals surface area (Å²) in [5.74, 6) is -0.577. The molecule has 1 atom stereocenters. The molecule has 7 nitrogen and oxygen atoms in total. The van der Waals surface area contributed by atoms with Crippen molar-refractivity contribution in [2.24, 2.45) is 0 Å². The van der Waals surface area contributed by atoms with Crippen LogP contribution in [0.1, 0.15) is 25.5 Å². The van der Waals surface area contributed by atoms with Crippen molar-refractivity contribution in [2.45, 2.75) is 19.9 Å². The van der Waals surface area contributed by atoms with Gasteiger partial charge in [-0.3, -0.25) is 0 Å². The average molecular weight is 313 g/mol. The van der Waals surface area contributed by atoms with E-state index in [1.165, 1.54) is 6.33 Å². The summed E-state index contributed by atoms with van der Waals surface area (Å²) >= 11 is 0. The van der Waals surface area contributed by atoms with Gasteiger partial charge < -0.3 is 15.3 Å². The van der Waals surface area contributed by atoms with Gasteiger partial charge >= 0.3 is 5.97 Å². The SMILES string of the molecule is CCN(CC)c1ccc([C@@H]2C=C(C(=O)O)Nc3ncnn32)cc1. The molecule has 0 radical (unpaired) electrons. The van der Waals surface area contributed by atoms with Gasteiger partial charge in [-0.2, -0.15) is 10.1 Å². The van der Waals surface area contributed by atoms with E-state index in [4.69, 9.17) is 0 Å². The number of aromatic nitrogens is 3. The Morgan fingerprint density at radius 2 is 2.00 bits per heavy atom. The largest absolute Gasteiger partial charge is 0.477 e. The standard InChI is InChI=1S/C16H19N5O2/c1-3-20(4-2)12-7-5-11(6-8-12)14-9-13(15(22)23)19-16-17-10-18-21(14)16/h5-10,14H,3-4H2,1-2H3,(H,22,23)(H,17,18,19)/t14-/m0/s1. The first kappa shape index (κ1) is 15.1. The highest BCUT2D eigenvalue weighted by Gasteiger charge is 2.25. The van der Waals surface area contributed by atoms with Crippen molar-refractivity contribution >= 4 is 17.6 Å². The van der Waals surface area contributed by atoms with Crippen LogP contribution in [0.3, 0.4) is 0 Å². The summed E-state index contributed by atoms with van der Waals surface area (Å²) in [5, 5.41) is 16.2. The molecule has 0 spiro atoms. The van der Waals surface area contributed by atoms with Crippen LogP contribution >= 0.6 is 0 Å². The maximum atomic E-state index is 11.3. The third-order valence-electron chi connectivity index (χ3n) is 4.00. The molecule has 2 aromatic rings. The Hall–Kier alpha value is -2.83. The van der Waals surface area contributed by atoms with Gasteiger partial charge in [-0.25, -0.2) is 9.48 Å². The summed E-state index contributed by atoms with van der Waals surface area (Å²) in [4.78, 5) is 17.6. The van der Waals surface area contributed by atoms with E-state index in [1.54, 1.807) is 10.8 Å². The first-order valence-corrected chi connectivity index (χ1v) is 7.60. The average Bonchev–Trinajstić information content (AvgIpc) is 3.04. The Morgan fingerprint density at radius 3 is 2.61 bits per heavy atom. The van der Waals surface area contributed by atoms with E-state index in [1.807, 2.05) is 12.1 Å². The van der Waals surface area contributed by atoms with E-state index in [-0.39, 0.29) is 11.7 Å². The molecule has 0 bridgehead atoms. The minimum Gasteiger partial charge on any atom is -0.477 e. The Kier molecular flexibility index (Phi) is 4.01. The van der Waals surface area contributed by atoms with Gasteiger partial charge in [0.25, 0.3) is 0 Å². The number of rotatable bonds is 5. The number of nitrogens with zero attached hydrogens (tertiary/aromatic N) is 4. The number of carboxylic acid groups (broad SMARTS) is 1. The first-order chi connectivity index (χ1) is 11.1. The van der Waals surface area contributed by atoms with Crippen molar-refractivity contribution in [3.05, 3.63) is 47.9 Å². The zero-order valence-electron chi connectivity index (χ0n) is 13.1. The quantitative estimate of drug-likeness (QED) is 0.879. The van der Waals surface area contributed by atoms with Gasteiger partial charge in [0, 0.05) is 18.8 Å². The van der Waals surface area contributed by atoms with Crippen LogP contribution in [0.5, 0.6) is 0 Å². The second-order valence-corrected chi connectivity index (χ2v) is 5.25. The number of aliphatic carboxylic acids is 1. The minimum atomic E-state index is -1.01. The topological polar surface area (TPSA) is 83.3 Å². The second kappa shape index (κ2) is 6.12. The highest BCUT2D eigenvalue weighted by atomic mass is 16.4. The maximum Gasteiger partial charge on any atom is 0.352 e. The fourth-order valence-corrected chi connectivity index (χ4v) is 2.77. The fourth-order valence-electron chi connectivity index (χ4n) is 2.77. The predicted molar refractivity (Wildman–Crippen MR) is 87.5 cm³/mol. The molecule has 0 unspecified atom stereocenters. The summed E-state index contributed by atoms with van der Waals surface area (Å²) in [7, 11) is 0. The molecule has 0 saturated heterocycles. The van der Waals surface area contributed by atoms with Gasteiger partial charge in [0.2, 0.25) is 5.95 Å². The lowest BCUT2D eigenvalue weighted by atomic mass is 10.0. The monoisotopic (exact) mass is 313 g/mol. The number of hydrogen-bond acceptors (Lipinski definition) is 5. The minimum absolute atomic E-state index is 0.114. The zero-order valence-corrected chi connectivity index (χ0v) is 13.1. The Bertz CT molecular complexity index is 731. The van der Waals surface area contributed by atoms with Crippen LogP contribution < -0.4 is 10.2 Å². The molecule has 2 N–H and O–H groups in total. The van der Waals surface area contributed by atoms with Gasteiger partial charge in [-0.15, -0.1) is 0 Å². The molecule has 1 aromatic carbocycles. The summed E-state index contributed by atoms with van der Waals surface area (Å²) in [5.41, 5.74) is 2.23. The molecule has 1 aromatic heterocycles. The molecular formula is C16H19N5O2. The van der Waals surface area contributed by atoms with Gasteiger partial charge in [0.1, 0.15) is 18.1 Å². The summed E-state index contributed by atoms with van der Waals surface area (Å²) < 4.78 is 1.68. The molecule has 0 amide bonds. The van der Waals surface area contributed by atoms with Crippen LogP contribution in [-0.2, 0) is 4.79 Å². The summed E-state index contributed by atoms with van der Waals surface area (Å²) in [6.45, 7) is 6.13. The second-order valence-electron chi connectivity index (χ2n) is 5.25. The number of carbonyl (C=O) groups is 1. The van der Waals surface area contributed by atoms with Crippen LogP contribution in [0.15, 0.2) is 42.4 Å². The van der Waals surface area contributed by atoms with Crippen LogP contribution in [0.4, 0.5) is 11.6 Å². The molecule has 0 aliphatic carbocycles. The number of carboxylic acids is 1. The van der Waals surface area contributed by atoms with E-state index in [0.29, 0.717) is 5.95 Å². The highest BCUT2D eigenvalue weighted by molar-refractivity contribution is 5.90. The fraction of sp³-hybridized carbons (Fsp3) is 0.312. The third-order valence-corrected chi connectivity index (χ3v) is 4.00. The normalized spacial score (nSPS) is 16.3. The van der Waals surface area contributed by atoms with Gasteiger partial charge in [-0.05, 0) is 37.6 Å². The number of allylic oxidation sites excluding steroid dienone is 1. The summed E-state index contributed by atoms with van der Waals surface area (Å²) in [6.07, 6.45) is 3.06. The van der Waals surface area contributed by atoms with Gasteiger partial charge in [0.05, 0.1) is 0 Å². The number of hydrogen-bond donors (Lipinski definition) is 2.